The Kier molecular flexibility index (Phi) is 6.68. The summed E-state index contributed by atoms with van der Waals surface area (Å²) in [5.74, 6) is -1.34. The van der Waals surface area contributed by atoms with E-state index in [1.54, 1.807) is 19.9 Å². The van der Waals surface area contributed by atoms with Gasteiger partial charge in [0.25, 0.3) is 0 Å². The predicted molar refractivity (Wildman–Crippen MR) is 108 cm³/mol. The van der Waals surface area contributed by atoms with Crippen LogP contribution < -0.4 is 5.73 Å². The SMILES string of the molecule is CC(=O)O[C@H]1[C@@H](OC(C)=O)[C@](C#N)(c2ccc3c(N)ncnn23)O[C@@H]1COC(=O)OC(C)C. The molecule has 3 heterocycles. The number of esters is 2. The molecule has 0 aromatic carbocycles. The smallest absolute Gasteiger partial charge is 0.455 e. The average molecular weight is 461 g/mol. The molecule has 3 rings (SSSR count). The monoisotopic (exact) mass is 461 g/mol. The molecule has 0 amide bonds. The molecular formula is C20H23N5O8. The van der Waals surface area contributed by atoms with E-state index in [-0.39, 0.29) is 11.5 Å². The first-order valence-corrected chi connectivity index (χ1v) is 9.94. The predicted octanol–water partition coefficient (Wildman–Crippen LogP) is 0.854. The van der Waals surface area contributed by atoms with Gasteiger partial charge in [-0.2, -0.15) is 10.4 Å². The van der Waals surface area contributed by atoms with Gasteiger partial charge in [0, 0.05) is 13.8 Å². The molecule has 0 radical (unpaired) electrons. The standard InChI is InChI=1S/C20H23N5O8/c1-10(2)30-19(28)29-7-14-16(31-11(3)26)17(32-12(4)27)20(8-21,33-14)15-6-5-13-18(22)23-9-24-25(13)15/h5-6,9-10,14,16-17H,7H2,1-4H3,(H2,22,23,24)/t14-,16-,17-,20+/m1/s1. The number of anilines is 1. The highest BCUT2D eigenvalue weighted by molar-refractivity contribution is 5.69. The van der Waals surface area contributed by atoms with Gasteiger partial charge < -0.3 is 29.4 Å². The second-order valence-corrected chi connectivity index (χ2v) is 7.50. The molecule has 13 heteroatoms. The second kappa shape index (κ2) is 9.29. The van der Waals surface area contributed by atoms with E-state index >= 15 is 0 Å². The van der Waals surface area contributed by atoms with Gasteiger partial charge in [-0.05, 0) is 26.0 Å². The summed E-state index contributed by atoms with van der Waals surface area (Å²) in [5.41, 5.74) is 4.41. The van der Waals surface area contributed by atoms with Crippen molar-refractivity contribution in [2.45, 2.75) is 57.7 Å². The van der Waals surface area contributed by atoms with Crippen molar-refractivity contribution < 1.29 is 38.1 Å². The Morgan fingerprint density at radius 1 is 1.27 bits per heavy atom. The zero-order valence-electron chi connectivity index (χ0n) is 18.4. The quantitative estimate of drug-likeness (QED) is 0.474. The second-order valence-electron chi connectivity index (χ2n) is 7.50. The molecule has 0 unspecified atom stereocenters. The van der Waals surface area contributed by atoms with Gasteiger partial charge in [-0.25, -0.2) is 14.3 Å². The van der Waals surface area contributed by atoms with E-state index in [1.165, 1.54) is 16.9 Å². The third-order valence-electron chi connectivity index (χ3n) is 4.72. The first-order valence-electron chi connectivity index (χ1n) is 9.94. The first kappa shape index (κ1) is 23.7. The molecule has 0 aliphatic carbocycles. The minimum Gasteiger partial charge on any atom is -0.455 e. The normalized spacial score (nSPS) is 24.3. The van der Waals surface area contributed by atoms with Gasteiger partial charge in [-0.3, -0.25) is 9.59 Å². The number of nitrogens with two attached hydrogens (primary N) is 1. The van der Waals surface area contributed by atoms with E-state index in [0.717, 1.165) is 13.8 Å². The fourth-order valence-corrected chi connectivity index (χ4v) is 3.55. The number of aromatic nitrogens is 3. The van der Waals surface area contributed by atoms with Gasteiger partial charge in [0.15, 0.2) is 18.0 Å². The van der Waals surface area contributed by atoms with Crippen LogP contribution in [0.4, 0.5) is 10.6 Å². The van der Waals surface area contributed by atoms with Crippen LogP contribution in [0.5, 0.6) is 0 Å². The Morgan fingerprint density at radius 2 is 1.97 bits per heavy atom. The molecule has 2 N–H and O–H groups in total. The Morgan fingerprint density at radius 3 is 2.58 bits per heavy atom. The lowest BCUT2D eigenvalue weighted by molar-refractivity contribution is -0.166. The summed E-state index contributed by atoms with van der Waals surface area (Å²) in [6.45, 7) is 5.09. The maximum Gasteiger partial charge on any atom is 0.508 e. The lowest BCUT2D eigenvalue weighted by atomic mass is 9.92. The Hall–Kier alpha value is -3.92. The summed E-state index contributed by atoms with van der Waals surface area (Å²) < 4.78 is 28.1. The van der Waals surface area contributed by atoms with E-state index in [0.29, 0.717) is 5.52 Å². The molecule has 1 fully saturated rings. The van der Waals surface area contributed by atoms with Crippen molar-refractivity contribution in [3.63, 3.8) is 0 Å². The van der Waals surface area contributed by atoms with E-state index in [4.69, 9.17) is 29.4 Å². The molecule has 1 saturated heterocycles. The lowest BCUT2D eigenvalue weighted by Crippen LogP contribution is -2.45. The van der Waals surface area contributed by atoms with E-state index < -0.39 is 54.7 Å². The number of nitrogens with zero attached hydrogens (tertiary/aromatic N) is 4. The summed E-state index contributed by atoms with van der Waals surface area (Å²) in [5, 5.41) is 14.4. The minimum atomic E-state index is -1.99. The van der Waals surface area contributed by atoms with Gasteiger partial charge in [-0.15, -0.1) is 0 Å². The van der Waals surface area contributed by atoms with Crippen LogP contribution in [0, 0.1) is 11.3 Å². The molecular weight excluding hydrogens is 438 g/mol. The number of carbonyl (C=O) groups is 3. The number of nitrogen functional groups attached to an aromatic ring is 1. The van der Waals surface area contributed by atoms with Crippen molar-refractivity contribution in [2.75, 3.05) is 12.3 Å². The van der Waals surface area contributed by atoms with Crippen molar-refractivity contribution in [2.24, 2.45) is 0 Å². The van der Waals surface area contributed by atoms with Crippen LogP contribution in [0.3, 0.4) is 0 Å². The molecule has 1 aliphatic rings. The summed E-state index contributed by atoms with van der Waals surface area (Å²) >= 11 is 0. The van der Waals surface area contributed by atoms with Gasteiger partial charge in [0.05, 0.1) is 11.8 Å². The third kappa shape index (κ3) is 4.65. The number of fused-ring (bicyclic) bond motifs is 1. The number of hydrogen-bond donors (Lipinski definition) is 1. The maximum atomic E-state index is 11.9. The van der Waals surface area contributed by atoms with E-state index in [1.807, 2.05) is 6.07 Å². The van der Waals surface area contributed by atoms with Crippen LogP contribution in [0.15, 0.2) is 18.5 Å². The van der Waals surface area contributed by atoms with Crippen LogP contribution in [-0.4, -0.2) is 63.7 Å². The molecule has 0 spiro atoms. The molecule has 0 bridgehead atoms. The fourth-order valence-electron chi connectivity index (χ4n) is 3.55. The van der Waals surface area contributed by atoms with E-state index in [2.05, 4.69) is 10.1 Å². The van der Waals surface area contributed by atoms with Gasteiger partial charge in [0.2, 0.25) is 5.60 Å². The van der Waals surface area contributed by atoms with Gasteiger partial charge in [0.1, 0.15) is 30.6 Å². The van der Waals surface area contributed by atoms with Crippen molar-refractivity contribution in [1.82, 2.24) is 14.6 Å². The highest BCUT2D eigenvalue weighted by atomic mass is 16.7. The van der Waals surface area contributed by atoms with Crippen LogP contribution in [0.25, 0.3) is 5.52 Å². The van der Waals surface area contributed by atoms with Crippen LogP contribution in [0.2, 0.25) is 0 Å². The highest BCUT2D eigenvalue weighted by Gasteiger charge is 2.62. The first-order chi connectivity index (χ1) is 15.6. The van der Waals surface area contributed by atoms with Gasteiger partial charge in [-0.1, -0.05) is 0 Å². The molecule has 13 nitrogen and oxygen atoms in total. The zero-order valence-corrected chi connectivity index (χ0v) is 18.4. The Labute approximate surface area is 188 Å². The molecule has 4 atom stereocenters. The van der Waals surface area contributed by atoms with Crippen molar-refractivity contribution >= 4 is 29.4 Å². The van der Waals surface area contributed by atoms with Crippen molar-refractivity contribution in [3.8, 4) is 6.07 Å². The summed E-state index contributed by atoms with van der Waals surface area (Å²) in [6.07, 6.45) is -4.13. The lowest BCUT2D eigenvalue weighted by Gasteiger charge is -2.28. The fraction of sp³-hybridized carbons (Fsp3) is 0.500. The molecule has 176 valence electrons. The number of ether oxygens (including phenoxy) is 5. The highest BCUT2D eigenvalue weighted by Crippen LogP contribution is 2.43. The summed E-state index contributed by atoms with van der Waals surface area (Å²) in [7, 11) is 0. The number of nitriles is 1. The zero-order chi connectivity index (χ0) is 24.3. The van der Waals surface area contributed by atoms with Gasteiger partial charge >= 0.3 is 18.1 Å². The number of hydrogen-bond acceptors (Lipinski definition) is 12. The Bertz CT molecular complexity index is 1110. The van der Waals surface area contributed by atoms with Crippen LogP contribution in [-0.2, 0) is 38.9 Å². The molecule has 1 aliphatic heterocycles. The molecule has 2 aromatic rings. The van der Waals surface area contributed by atoms with Crippen molar-refractivity contribution in [1.29, 1.82) is 5.26 Å². The topological polar surface area (TPSA) is 177 Å². The molecule has 33 heavy (non-hydrogen) atoms. The maximum absolute atomic E-state index is 11.9. The third-order valence-corrected chi connectivity index (χ3v) is 4.72. The summed E-state index contributed by atoms with van der Waals surface area (Å²) in [6, 6.07) is 5.07. The summed E-state index contributed by atoms with van der Waals surface area (Å²) in [4.78, 5) is 39.5. The molecule has 0 saturated carbocycles. The minimum absolute atomic E-state index is 0.138. The molecule has 2 aromatic heterocycles. The Balaban J connectivity index is 2.07. The largest absolute Gasteiger partial charge is 0.508 e. The van der Waals surface area contributed by atoms with Crippen LogP contribution >= 0.6 is 0 Å². The average Bonchev–Trinajstić information content (AvgIpc) is 3.27. The number of carbonyl (C=O) groups excluding carboxylic acids is 3. The number of rotatable bonds is 6. The van der Waals surface area contributed by atoms with Crippen LogP contribution in [0.1, 0.15) is 33.4 Å². The van der Waals surface area contributed by atoms with Crippen molar-refractivity contribution in [3.05, 3.63) is 24.2 Å². The van der Waals surface area contributed by atoms with E-state index in [9.17, 15) is 19.6 Å².